The van der Waals surface area contributed by atoms with Crippen molar-refractivity contribution < 1.29 is 14.4 Å². The van der Waals surface area contributed by atoms with E-state index in [2.05, 4.69) is 36.8 Å². The number of amides is 3. The number of carbonyl (C=O) groups excluding carboxylic acids is 3. The molecule has 10 nitrogen and oxygen atoms in total. The van der Waals surface area contributed by atoms with Crippen LogP contribution < -0.4 is 31.9 Å². The molecule has 6 N–H and O–H groups in total. The second-order valence-electron chi connectivity index (χ2n) is 6.92. The Morgan fingerprint density at radius 3 is 1.60 bits per heavy atom. The molecule has 0 fully saturated rings. The van der Waals surface area contributed by atoms with Gasteiger partial charge in [0.25, 0.3) is 0 Å². The molecule has 0 unspecified atom stereocenters. The Morgan fingerprint density at radius 1 is 0.600 bits per heavy atom. The Morgan fingerprint density at radius 2 is 1.07 bits per heavy atom. The topological polar surface area (TPSA) is 127 Å². The minimum Gasteiger partial charge on any atom is -0.359 e. The van der Waals surface area contributed by atoms with Gasteiger partial charge in [-0.15, -0.1) is 0 Å². The van der Waals surface area contributed by atoms with Gasteiger partial charge >= 0.3 is 0 Å². The molecule has 0 aliphatic rings. The van der Waals surface area contributed by atoms with Gasteiger partial charge in [-0.2, -0.15) is 0 Å². The van der Waals surface area contributed by atoms with Crippen LogP contribution in [0.15, 0.2) is 0 Å². The third-order valence-electron chi connectivity index (χ3n) is 4.43. The molecule has 0 atom stereocenters. The Labute approximate surface area is 181 Å². The predicted molar refractivity (Wildman–Crippen MR) is 120 cm³/mol. The lowest BCUT2D eigenvalue weighted by Crippen LogP contribution is -2.39. The van der Waals surface area contributed by atoms with Gasteiger partial charge in [-0.05, 0) is 13.8 Å². The van der Waals surface area contributed by atoms with E-state index in [4.69, 9.17) is 0 Å². The van der Waals surface area contributed by atoms with Crippen LogP contribution in [0.1, 0.15) is 33.1 Å². The highest BCUT2D eigenvalue weighted by Crippen LogP contribution is 1.95. The molecule has 10 heteroatoms. The first-order valence-electron chi connectivity index (χ1n) is 11.1. The van der Waals surface area contributed by atoms with Gasteiger partial charge in [-0.1, -0.05) is 0 Å². The summed E-state index contributed by atoms with van der Waals surface area (Å²) in [7, 11) is 1.63. The van der Waals surface area contributed by atoms with Crippen molar-refractivity contribution in [1.82, 2.24) is 36.8 Å². The van der Waals surface area contributed by atoms with E-state index >= 15 is 0 Å². The van der Waals surface area contributed by atoms with Crippen LogP contribution in [-0.4, -0.2) is 102 Å². The van der Waals surface area contributed by atoms with E-state index in [0.29, 0.717) is 52.0 Å². The van der Waals surface area contributed by atoms with Crippen LogP contribution in [0.4, 0.5) is 0 Å². The molecular formula is C20H43N7O3. The van der Waals surface area contributed by atoms with Gasteiger partial charge in [-0.3, -0.25) is 14.4 Å². The monoisotopic (exact) mass is 429 g/mol. The average molecular weight is 430 g/mol. The van der Waals surface area contributed by atoms with Gasteiger partial charge in [0, 0.05) is 98.3 Å². The second-order valence-corrected chi connectivity index (χ2v) is 6.92. The highest BCUT2D eigenvalue weighted by atomic mass is 16.2. The smallest absolute Gasteiger partial charge is 0.221 e. The molecule has 30 heavy (non-hydrogen) atoms. The summed E-state index contributed by atoms with van der Waals surface area (Å²) in [5.74, 6) is 0.131. The van der Waals surface area contributed by atoms with E-state index in [9.17, 15) is 14.4 Å². The normalized spacial score (nSPS) is 10.8. The zero-order valence-corrected chi connectivity index (χ0v) is 19.1. The van der Waals surface area contributed by atoms with Crippen LogP contribution in [0.5, 0.6) is 0 Å². The lowest BCUT2D eigenvalue weighted by Gasteiger charge is -2.22. The van der Waals surface area contributed by atoms with Crippen molar-refractivity contribution >= 4 is 17.7 Å². The van der Waals surface area contributed by atoms with Crippen LogP contribution in [0, 0.1) is 0 Å². The first kappa shape index (κ1) is 28.2. The number of hydrogen-bond acceptors (Lipinski definition) is 7. The molecule has 0 saturated heterocycles. The first-order valence-corrected chi connectivity index (χ1v) is 11.1. The van der Waals surface area contributed by atoms with Crippen molar-refractivity contribution in [3.8, 4) is 0 Å². The van der Waals surface area contributed by atoms with Crippen LogP contribution in [0.25, 0.3) is 0 Å². The standard InChI is InChI=1S/C20H43N7O3/c1-4-25-19(29)6-9-22-10-11-23-12-13-24-14-17-27(15-7-18(28)21-3)16-8-20(30)26-5-2/h22-24H,4-17H2,1-3H3,(H,21,28)(H,25,29)(H,26,30). The molecule has 3 amide bonds. The van der Waals surface area contributed by atoms with Crippen LogP contribution in [0.3, 0.4) is 0 Å². The summed E-state index contributed by atoms with van der Waals surface area (Å²) in [5.41, 5.74) is 0. The van der Waals surface area contributed by atoms with Crippen molar-refractivity contribution in [1.29, 1.82) is 0 Å². The average Bonchev–Trinajstić information content (AvgIpc) is 2.73. The number of rotatable bonds is 20. The van der Waals surface area contributed by atoms with Crippen molar-refractivity contribution in [3.63, 3.8) is 0 Å². The molecule has 0 aromatic rings. The minimum atomic E-state index is 0.00905. The zero-order chi connectivity index (χ0) is 22.5. The fourth-order valence-corrected chi connectivity index (χ4v) is 2.72. The highest BCUT2D eigenvalue weighted by molar-refractivity contribution is 5.76. The summed E-state index contributed by atoms with van der Waals surface area (Å²) in [5, 5.41) is 18.2. The fraction of sp³-hybridized carbons (Fsp3) is 0.850. The van der Waals surface area contributed by atoms with Crippen molar-refractivity contribution in [2.24, 2.45) is 0 Å². The molecule has 176 valence electrons. The second kappa shape index (κ2) is 20.5. The van der Waals surface area contributed by atoms with Gasteiger partial charge < -0.3 is 36.8 Å². The number of nitrogens with zero attached hydrogens (tertiary/aromatic N) is 1. The number of nitrogens with one attached hydrogen (secondary N) is 6. The van der Waals surface area contributed by atoms with Crippen LogP contribution in [0.2, 0.25) is 0 Å². The summed E-state index contributed by atoms with van der Waals surface area (Å²) in [6.45, 7) is 12.1. The van der Waals surface area contributed by atoms with Crippen molar-refractivity contribution in [2.45, 2.75) is 33.1 Å². The summed E-state index contributed by atoms with van der Waals surface area (Å²) in [6, 6.07) is 0. The van der Waals surface area contributed by atoms with E-state index in [1.54, 1.807) is 7.05 Å². The molecule has 0 spiro atoms. The molecule has 0 aromatic heterocycles. The summed E-state index contributed by atoms with van der Waals surface area (Å²) in [4.78, 5) is 36.6. The lowest BCUT2D eigenvalue weighted by atomic mass is 10.3. The molecule has 0 rings (SSSR count). The SMILES string of the molecule is CCNC(=O)CCNCCNCCNCCN(CCC(=O)NC)CCC(=O)NCC. The van der Waals surface area contributed by atoms with Gasteiger partial charge in [-0.25, -0.2) is 0 Å². The molecule has 0 aliphatic carbocycles. The Balaban J connectivity index is 3.76. The maximum Gasteiger partial charge on any atom is 0.221 e. The van der Waals surface area contributed by atoms with Crippen LogP contribution in [-0.2, 0) is 14.4 Å². The number of hydrogen-bond donors (Lipinski definition) is 6. The van der Waals surface area contributed by atoms with E-state index in [-0.39, 0.29) is 17.7 Å². The van der Waals surface area contributed by atoms with E-state index < -0.39 is 0 Å². The van der Waals surface area contributed by atoms with Crippen LogP contribution >= 0.6 is 0 Å². The quantitative estimate of drug-likeness (QED) is 0.127. The van der Waals surface area contributed by atoms with E-state index in [0.717, 1.165) is 39.3 Å². The molecule has 0 bridgehead atoms. The highest BCUT2D eigenvalue weighted by Gasteiger charge is 2.09. The first-order chi connectivity index (χ1) is 14.5. The van der Waals surface area contributed by atoms with Gasteiger partial charge in [0.05, 0.1) is 0 Å². The maximum atomic E-state index is 11.7. The van der Waals surface area contributed by atoms with Gasteiger partial charge in [0.1, 0.15) is 0 Å². The Bertz CT molecular complexity index is 464. The minimum absolute atomic E-state index is 0.00905. The maximum absolute atomic E-state index is 11.7. The Kier molecular flexibility index (Phi) is 19.3. The summed E-state index contributed by atoms with van der Waals surface area (Å²) in [6.07, 6.45) is 1.38. The summed E-state index contributed by atoms with van der Waals surface area (Å²) >= 11 is 0. The largest absolute Gasteiger partial charge is 0.359 e. The third-order valence-corrected chi connectivity index (χ3v) is 4.43. The number of carbonyl (C=O) groups is 3. The van der Waals surface area contributed by atoms with Crippen molar-refractivity contribution in [3.05, 3.63) is 0 Å². The third kappa shape index (κ3) is 18.3. The fourth-order valence-electron chi connectivity index (χ4n) is 2.72. The molecule has 0 aromatic carbocycles. The molecule has 0 heterocycles. The predicted octanol–water partition coefficient (Wildman–Crippen LogP) is -1.75. The van der Waals surface area contributed by atoms with E-state index in [1.807, 2.05) is 13.8 Å². The van der Waals surface area contributed by atoms with Gasteiger partial charge in [0.2, 0.25) is 17.7 Å². The zero-order valence-electron chi connectivity index (χ0n) is 19.1. The molecular weight excluding hydrogens is 386 g/mol. The molecule has 0 saturated carbocycles. The van der Waals surface area contributed by atoms with E-state index in [1.165, 1.54) is 0 Å². The lowest BCUT2D eigenvalue weighted by molar-refractivity contribution is -0.122. The Hall–Kier alpha value is -1.75. The summed E-state index contributed by atoms with van der Waals surface area (Å²) < 4.78 is 0. The van der Waals surface area contributed by atoms with Crippen molar-refractivity contribution in [2.75, 3.05) is 79.0 Å². The van der Waals surface area contributed by atoms with Gasteiger partial charge in [0.15, 0.2) is 0 Å². The molecule has 0 radical (unpaired) electrons. The molecule has 0 aliphatic heterocycles.